The van der Waals surface area contributed by atoms with Gasteiger partial charge in [-0.05, 0) is 49.1 Å². The second kappa shape index (κ2) is 6.41. The summed E-state index contributed by atoms with van der Waals surface area (Å²) in [6, 6.07) is 4.57. The number of hydrogen-bond donors (Lipinski definition) is 1. The molecule has 1 N–H and O–H groups in total. The third-order valence-electron chi connectivity index (χ3n) is 4.74. The molecule has 0 saturated heterocycles. The Morgan fingerprint density at radius 3 is 2.32 bits per heavy atom. The summed E-state index contributed by atoms with van der Waals surface area (Å²) in [5, 5.41) is 5.85. The van der Waals surface area contributed by atoms with Crippen LogP contribution in [0.3, 0.4) is 0 Å². The first-order valence-electron chi connectivity index (χ1n) is 7.95. The first-order chi connectivity index (χ1) is 9.20. The largest absolute Gasteiger partial charge is 0.316 e. The Hall–Kier alpha value is -0.340. The van der Waals surface area contributed by atoms with E-state index in [0.717, 1.165) is 6.54 Å². The van der Waals surface area contributed by atoms with Crippen molar-refractivity contribution in [1.82, 2.24) is 5.32 Å². The van der Waals surface area contributed by atoms with Gasteiger partial charge in [-0.3, -0.25) is 0 Å². The van der Waals surface area contributed by atoms with Crippen molar-refractivity contribution in [2.24, 2.45) is 5.41 Å². The highest BCUT2D eigenvalue weighted by atomic mass is 32.1. The monoisotopic (exact) mass is 279 g/mol. The molecule has 2 rings (SSSR count). The van der Waals surface area contributed by atoms with Gasteiger partial charge < -0.3 is 5.32 Å². The Bertz CT molecular complexity index is 355. The molecule has 0 aromatic carbocycles. The molecule has 19 heavy (non-hydrogen) atoms. The third-order valence-corrected chi connectivity index (χ3v) is 5.86. The van der Waals surface area contributed by atoms with Gasteiger partial charge >= 0.3 is 0 Å². The molecule has 0 aliphatic heterocycles. The van der Waals surface area contributed by atoms with Crippen molar-refractivity contribution in [1.29, 1.82) is 0 Å². The van der Waals surface area contributed by atoms with Crippen LogP contribution in [0.4, 0.5) is 0 Å². The Morgan fingerprint density at radius 1 is 1.16 bits per heavy atom. The summed E-state index contributed by atoms with van der Waals surface area (Å²) in [6.07, 6.45) is 8.30. The molecular formula is C17H29NS. The van der Waals surface area contributed by atoms with Crippen molar-refractivity contribution >= 4 is 11.3 Å². The lowest BCUT2D eigenvalue weighted by molar-refractivity contribution is 0.00526. The fraction of sp³-hybridized carbons (Fsp3) is 0.765. The van der Waals surface area contributed by atoms with Gasteiger partial charge in [0.15, 0.2) is 0 Å². The Morgan fingerprint density at radius 2 is 1.84 bits per heavy atom. The molecule has 0 radical (unpaired) electrons. The zero-order valence-electron chi connectivity index (χ0n) is 12.8. The molecule has 0 atom stereocenters. The maximum Gasteiger partial charge on any atom is 0.0182 e. The molecule has 0 bridgehead atoms. The lowest BCUT2D eigenvalue weighted by atomic mass is 9.49. The SMILES string of the molecule is CCCC1(CCC)CC(CNCC)(c2cccs2)C1. The van der Waals surface area contributed by atoms with E-state index in [9.17, 15) is 0 Å². The summed E-state index contributed by atoms with van der Waals surface area (Å²) in [5.41, 5.74) is 1.08. The van der Waals surface area contributed by atoms with E-state index in [1.165, 1.54) is 45.1 Å². The fourth-order valence-electron chi connectivity index (χ4n) is 4.25. The number of hydrogen-bond acceptors (Lipinski definition) is 2. The fourth-order valence-corrected chi connectivity index (χ4v) is 5.18. The van der Waals surface area contributed by atoms with Crippen LogP contribution in [-0.2, 0) is 5.41 Å². The van der Waals surface area contributed by atoms with E-state index in [-0.39, 0.29) is 0 Å². The van der Waals surface area contributed by atoms with Gasteiger partial charge in [0.25, 0.3) is 0 Å². The van der Waals surface area contributed by atoms with Crippen LogP contribution in [0.1, 0.15) is 64.2 Å². The molecule has 0 spiro atoms. The molecule has 1 aromatic heterocycles. The summed E-state index contributed by atoms with van der Waals surface area (Å²) < 4.78 is 0. The highest BCUT2D eigenvalue weighted by Crippen LogP contribution is 2.60. The first kappa shape index (κ1) is 15.1. The van der Waals surface area contributed by atoms with Crippen LogP contribution < -0.4 is 5.32 Å². The van der Waals surface area contributed by atoms with Gasteiger partial charge in [0.2, 0.25) is 0 Å². The van der Waals surface area contributed by atoms with Crippen LogP contribution >= 0.6 is 11.3 Å². The van der Waals surface area contributed by atoms with Crippen LogP contribution in [0.2, 0.25) is 0 Å². The third kappa shape index (κ3) is 3.05. The van der Waals surface area contributed by atoms with Gasteiger partial charge in [-0.1, -0.05) is 39.7 Å². The molecule has 2 heteroatoms. The van der Waals surface area contributed by atoms with Gasteiger partial charge in [-0.25, -0.2) is 0 Å². The maximum atomic E-state index is 3.61. The number of thiophene rings is 1. The van der Waals surface area contributed by atoms with E-state index < -0.39 is 0 Å². The lowest BCUT2D eigenvalue weighted by Crippen LogP contribution is -2.54. The smallest absolute Gasteiger partial charge is 0.0182 e. The van der Waals surface area contributed by atoms with Gasteiger partial charge in [0.1, 0.15) is 0 Å². The van der Waals surface area contributed by atoms with Crippen molar-refractivity contribution in [2.75, 3.05) is 13.1 Å². The average molecular weight is 279 g/mol. The Kier molecular flexibility index (Phi) is 5.08. The highest BCUT2D eigenvalue weighted by Gasteiger charge is 2.53. The predicted octanol–water partition coefficient (Wildman–Crippen LogP) is 4.98. The molecule has 1 aromatic rings. The summed E-state index contributed by atoms with van der Waals surface area (Å²) in [4.78, 5) is 1.61. The van der Waals surface area contributed by atoms with Crippen molar-refractivity contribution in [3.63, 3.8) is 0 Å². The zero-order chi connectivity index (χ0) is 13.8. The van der Waals surface area contributed by atoms with Gasteiger partial charge in [-0.2, -0.15) is 0 Å². The molecule has 1 heterocycles. The number of likely N-dealkylation sites (N-methyl/N-ethyl adjacent to an activating group) is 1. The average Bonchev–Trinajstić information content (AvgIpc) is 2.88. The lowest BCUT2D eigenvalue weighted by Gasteiger charge is -2.57. The molecule has 108 valence electrons. The standard InChI is InChI=1S/C17H29NS/c1-4-9-16(10-5-2)12-17(13-16,14-18-6-3)15-8-7-11-19-15/h7-8,11,18H,4-6,9-10,12-14H2,1-3H3. The molecule has 0 amide bonds. The highest BCUT2D eigenvalue weighted by molar-refractivity contribution is 7.10. The normalized spacial score (nSPS) is 20.2. The van der Waals surface area contributed by atoms with Crippen LogP contribution in [-0.4, -0.2) is 13.1 Å². The molecule has 1 aliphatic carbocycles. The van der Waals surface area contributed by atoms with Crippen LogP contribution in [0.5, 0.6) is 0 Å². The van der Waals surface area contributed by atoms with E-state index in [1.807, 2.05) is 11.3 Å². The Balaban J connectivity index is 2.11. The minimum absolute atomic E-state index is 0.439. The maximum absolute atomic E-state index is 3.61. The van der Waals surface area contributed by atoms with Crippen LogP contribution in [0.15, 0.2) is 17.5 Å². The molecule has 1 fully saturated rings. The summed E-state index contributed by atoms with van der Waals surface area (Å²) in [7, 11) is 0. The first-order valence-corrected chi connectivity index (χ1v) is 8.83. The summed E-state index contributed by atoms with van der Waals surface area (Å²) in [5.74, 6) is 0. The second-order valence-electron chi connectivity index (χ2n) is 6.39. The van der Waals surface area contributed by atoms with Crippen LogP contribution in [0, 0.1) is 5.41 Å². The van der Waals surface area contributed by atoms with Crippen LogP contribution in [0.25, 0.3) is 0 Å². The molecule has 1 aliphatic rings. The minimum atomic E-state index is 0.439. The van der Waals surface area contributed by atoms with Crippen molar-refractivity contribution in [3.05, 3.63) is 22.4 Å². The zero-order valence-corrected chi connectivity index (χ0v) is 13.6. The topological polar surface area (TPSA) is 12.0 Å². The van der Waals surface area contributed by atoms with Gasteiger partial charge in [0, 0.05) is 16.8 Å². The van der Waals surface area contributed by atoms with Gasteiger partial charge in [-0.15, -0.1) is 11.3 Å². The van der Waals surface area contributed by atoms with E-state index in [2.05, 4.69) is 43.6 Å². The van der Waals surface area contributed by atoms with Gasteiger partial charge in [0.05, 0.1) is 0 Å². The predicted molar refractivity (Wildman–Crippen MR) is 86.0 cm³/mol. The quantitative estimate of drug-likeness (QED) is 0.708. The molecule has 1 nitrogen and oxygen atoms in total. The molecule has 0 unspecified atom stereocenters. The molecule has 1 saturated carbocycles. The van der Waals surface area contributed by atoms with E-state index >= 15 is 0 Å². The minimum Gasteiger partial charge on any atom is -0.316 e. The van der Waals surface area contributed by atoms with Crippen molar-refractivity contribution in [2.45, 2.75) is 64.7 Å². The van der Waals surface area contributed by atoms with Crippen molar-refractivity contribution in [3.8, 4) is 0 Å². The van der Waals surface area contributed by atoms with E-state index in [4.69, 9.17) is 0 Å². The number of rotatable bonds is 8. The van der Waals surface area contributed by atoms with Crippen molar-refractivity contribution < 1.29 is 0 Å². The number of nitrogens with one attached hydrogen (secondary N) is 1. The van der Waals surface area contributed by atoms with E-state index in [0.29, 0.717) is 10.8 Å². The summed E-state index contributed by atoms with van der Waals surface area (Å²) in [6.45, 7) is 9.15. The van der Waals surface area contributed by atoms with E-state index in [1.54, 1.807) is 4.88 Å². The summed E-state index contributed by atoms with van der Waals surface area (Å²) >= 11 is 1.95. The molecular weight excluding hydrogens is 250 g/mol. The second-order valence-corrected chi connectivity index (χ2v) is 7.34. The Labute approximate surface area is 122 Å².